The van der Waals surface area contributed by atoms with Gasteiger partial charge in [0.25, 0.3) is 0 Å². The summed E-state index contributed by atoms with van der Waals surface area (Å²) in [5, 5.41) is 0. The first-order valence-corrected chi connectivity index (χ1v) is 6.34. The van der Waals surface area contributed by atoms with Gasteiger partial charge in [-0.05, 0) is 39.5 Å². The highest BCUT2D eigenvalue weighted by atomic mass is 16.3. The van der Waals surface area contributed by atoms with E-state index in [1.807, 2.05) is 0 Å². The van der Waals surface area contributed by atoms with E-state index in [0.717, 1.165) is 24.4 Å². The third kappa shape index (κ3) is 3.31. The van der Waals surface area contributed by atoms with Crippen molar-refractivity contribution in [3.63, 3.8) is 0 Å². The van der Waals surface area contributed by atoms with Gasteiger partial charge in [0.05, 0.1) is 12.8 Å². The summed E-state index contributed by atoms with van der Waals surface area (Å²) in [5.74, 6) is 1.01. The third-order valence-electron chi connectivity index (χ3n) is 3.56. The quantitative estimate of drug-likeness (QED) is 0.837. The molecule has 96 valence electrons. The summed E-state index contributed by atoms with van der Waals surface area (Å²) < 4.78 is 5.48. The molecule has 1 atom stereocenters. The molecule has 0 spiro atoms. The molecule has 4 nitrogen and oxygen atoms in total. The molecule has 1 aliphatic heterocycles. The Morgan fingerprint density at radius 3 is 3.00 bits per heavy atom. The lowest BCUT2D eigenvalue weighted by atomic mass is 10.2. The predicted octanol–water partition coefficient (Wildman–Crippen LogP) is 1.26. The van der Waals surface area contributed by atoms with Crippen LogP contribution in [0, 0.1) is 0 Å². The molecule has 0 amide bonds. The fourth-order valence-electron chi connectivity index (χ4n) is 2.52. The molecule has 2 rings (SSSR count). The first-order valence-electron chi connectivity index (χ1n) is 6.34. The maximum absolute atomic E-state index is 5.56. The summed E-state index contributed by atoms with van der Waals surface area (Å²) >= 11 is 0. The van der Waals surface area contributed by atoms with Crippen LogP contribution in [-0.2, 0) is 13.1 Å². The summed E-state index contributed by atoms with van der Waals surface area (Å²) in [6, 6.07) is 2.75. The average molecular weight is 237 g/mol. The number of hydrogen-bond donors (Lipinski definition) is 1. The molecular weight excluding hydrogens is 214 g/mol. The van der Waals surface area contributed by atoms with E-state index in [9.17, 15) is 0 Å². The van der Waals surface area contributed by atoms with Gasteiger partial charge >= 0.3 is 0 Å². The predicted molar refractivity (Wildman–Crippen MR) is 68.6 cm³/mol. The molecule has 4 heteroatoms. The molecule has 1 aliphatic rings. The highest BCUT2D eigenvalue weighted by molar-refractivity contribution is 5.12. The first kappa shape index (κ1) is 12.6. The second-order valence-corrected chi connectivity index (χ2v) is 5.10. The monoisotopic (exact) mass is 237 g/mol. The summed E-state index contributed by atoms with van der Waals surface area (Å²) in [4.78, 5) is 4.77. The van der Waals surface area contributed by atoms with Crippen molar-refractivity contribution in [1.82, 2.24) is 9.80 Å². The van der Waals surface area contributed by atoms with Crippen LogP contribution < -0.4 is 5.73 Å². The van der Waals surface area contributed by atoms with E-state index in [-0.39, 0.29) is 0 Å². The summed E-state index contributed by atoms with van der Waals surface area (Å²) in [6.45, 7) is 3.76. The molecule has 1 saturated heterocycles. The van der Waals surface area contributed by atoms with Gasteiger partial charge in [0, 0.05) is 24.7 Å². The lowest BCUT2D eigenvalue weighted by Gasteiger charge is -2.25. The van der Waals surface area contributed by atoms with Crippen LogP contribution in [0.4, 0.5) is 0 Å². The van der Waals surface area contributed by atoms with Gasteiger partial charge in [-0.2, -0.15) is 0 Å². The maximum atomic E-state index is 5.56. The van der Waals surface area contributed by atoms with Gasteiger partial charge in [-0.1, -0.05) is 0 Å². The topological polar surface area (TPSA) is 45.6 Å². The van der Waals surface area contributed by atoms with Crippen molar-refractivity contribution in [1.29, 1.82) is 0 Å². The van der Waals surface area contributed by atoms with Crippen molar-refractivity contribution in [2.45, 2.75) is 32.0 Å². The van der Waals surface area contributed by atoms with E-state index < -0.39 is 0 Å². The van der Waals surface area contributed by atoms with Crippen LogP contribution in [0.25, 0.3) is 0 Å². The summed E-state index contributed by atoms with van der Waals surface area (Å²) in [7, 11) is 4.36. The minimum absolute atomic E-state index is 0.554. The van der Waals surface area contributed by atoms with Crippen LogP contribution in [-0.4, -0.2) is 43.0 Å². The van der Waals surface area contributed by atoms with Gasteiger partial charge in [-0.15, -0.1) is 0 Å². The van der Waals surface area contributed by atoms with Crippen LogP contribution in [0.1, 0.15) is 24.2 Å². The molecule has 0 radical (unpaired) electrons. The van der Waals surface area contributed by atoms with Crippen molar-refractivity contribution in [2.24, 2.45) is 5.73 Å². The number of furan rings is 1. The van der Waals surface area contributed by atoms with E-state index in [4.69, 9.17) is 10.2 Å². The van der Waals surface area contributed by atoms with Gasteiger partial charge in [0.15, 0.2) is 0 Å². The Morgan fingerprint density at radius 2 is 2.41 bits per heavy atom. The van der Waals surface area contributed by atoms with Gasteiger partial charge in [-0.3, -0.25) is 4.90 Å². The minimum atomic E-state index is 0.554. The van der Waals surface area contributed by atoms with Crippen LogP contribution >= 0.6 is 0 Å². The van der Waals surface area contributed by atoms with Crippen LogP contribution in [0.5, 0.6) is 0 Å². The lowest BCUT2D eigenvalue weighted by molar-refractivity contribution is 0.206. The SMILES string of the molecule is CN(Cc1cc(CN)co1)CC1CCCN1C. The molecule has 2 heterocycles. The minimum Gasteiger partial charge on any atom is -0.468 e. The number of hydrogen-bond acceptors (Lipinski definition) is 4. The van der Waals surface area contributed by atoms with E-state index >= 15 is 0 Å². The standard InChI is InChI=1S/C13H23N3O/c1-15(8-12-4-3-5-16(12)2)9-13-6-11(7-14)10-17-13/h6,10,12H,3-5,7-9,14H2,1-2H3. The zero-order chi connectivity index (χ0) is 12.3. The van der Waals surface area contributed by atoms with E-state index in [2.05, 4.69) is 30.0 Å². The molecule has 0 aromatic carbocycles. The number of likely N-dealkylation sites (N-methyl/N-ethyl adjacent to an activating group) is 2. The Labute approximate surface area is 103 Å². The van der Waals surface area contributed by atoms with Crippen molar-refractivity contribution < 1.29 is 4.42 Å². The molecule has 0 bridgehead atoms. The Morgan fingerprint density at radius 1 is 1.59 bits per heavy atom. The highest BCUT2D eigenvalue weighted by Gasteiger charge is 2.22. The normalized spacial score (nSPS) is 21.5. The Kier molecular flexibility index (Phi) is 4.20. The van der Waals surface area contributed by atoms with Crippen LogP contribution in [0.2, 0.25) is 0 Å². The van der Waals surface area contributed by atoms with Gasteiger partial charge in [0.1, 0.15) is 5.76 Å². The summed E-state index contributed by atoms with van der Waals surface area (Å²) in [5.41, 5.74) is 6.64. The average Bonchev–Trinajstić information content (AvgIpc) is 2.89. The zero-order valence-corrected chi connectivity index (χ0v) is 10.9. The van der Waals surface area contributed by atoms with Gasteiger partial charge in [-0.25, -0.2) is 0 Å². The first-order chi connectivity index (χ1) is 8.19. The molecule has 1 aromatic heterocycles. The smallest absolute Gasteiger partial charge is 0.118 e. The van der Waals surface area contributed by atoms with Gasteiger partial charge < -0.3 is 15.1 Å². The molecule has 17 heavy (non-hydrogen) atoms. The molecule has 0 aliphatic carbocycles. The second-order valence-electron chi connectivity index (χ2n) is 5.10. The van der Waals surface area contributed by atoms with E-state index in [0.29, 0.717) is 12.6 Å². The highest BCUT2D eigenvalue weighted by Crippen LogP contribution is 2.16. The van der Waals surface area contributed by atoms with Crippen LogP contribution in [0.15, 0.2) is 16.7 Å². The molecular formula is C13H23N3O. The van der Waals surface area contributed by atoms with E-state index in [1.165, 1.54) is 19.4 Å². The molecule has 1 unspecified atom stereocenters. The Hall–Kier alpha value is -0.840. The van der Waals surface area contributed by atoms with Crippen molar-refractivity contribution in [2.75, 3.05) is 27.2 Å². The van der Waals surface area contributed by atoms with Gasteiger partial charge in [0.2, 0.25) is 0 Å². The molecule has 1 aromatic rings. The number of nitrogens with zero attached hydrogens (tertiary/aromatic N) is 2. The lowest BCUT2D eigenvalue weighted by Crippen LogP contribution is -2.36. The zero-order valence-electron chi connectivity index (χ0n) is 10.9. The fraction of sp³-hybridized carbons (Fsp3) is 0.692. The fourth-order valence-corrected chi connectivity index (χ4v) is 2.52. The summed E-state index contributed by atoms with van der Waals surface area (Å²) in [6.07, 6.45) is 4.39. The number of rotatable bonds is 5. The Bertz CT molecular complexity index is 350. The molecule has 0 saturated carbocycles. The largest absolute Gasteiger partial charge is 0.468 e. The second kappa shape index (κ2) is 5.67. The third-order valence-corrected chi connectivity index (χ3v) is 3.56. The van der Waals surface area contributed by atoms with Crippen molar-refractivity contribution in [3.8, 4) is 0 Å². The number of likely N-dealkylation sites (tertiary alicyclic amines) is 1. The van der Waals surface area contributed by atoms with Crippen molar-refractivity contribution >= 4 is 0 Å². The molecule has 2 N–H and O–H groups in total. The molecule has 1 fully saturated rings. The number of nitrogens with two attached hydrogens (primary N) is 1. The van der Waals surface area contributed by atoms with Crippen LogP contribution in [0.3, 0.4) is 0 Å². The van der Waals surface area contributed by atoms with E-state index in [1.54, 1.807) is 6.26 Å². The van der Waals surface area contributed by atoms with Crippen molar-refractivity contribution in [3.05, 3.63) is 23.7 Å². The maximum Gasteiger partial charge on any atom is 0.118 e. The Balaban J connectivity index is 1.82.